The Hall–Kier alpha value is -2.03. The molecule has 1 amide bonds. The van der Waals surface area contributed by atoms with Gasteiger partial charge in [0.15, 0.2) is 6.10 Å². The van der Waals surface area contributed by atoms with Crippen LogP contribution in [0.25, 0.3) is 0 Å². The lowest BCUT2D eigenvalue weighted by molar-refractivity contribution is -0.122. The van der Waals surface area contributed by atoms with Crippen molar-refractivity contribution in [3.63, 3.8) is 0 Å². The third kappa shape index (κ3) is 3.89. The van der Waals surface area contributed by atoms with Gasteiger partial charge in [-0.15, -0.1) is 11.3 Å². The largest absolute Gasteiger partial charge is 0.481 e. The van der Waals surface area contributed by atoms with Crippen molar-refractivity contribution in [1.29, 1.82) is 5.26 Å². The van der Waals surface area contributed by atoms with E-state index in [0.29, 0.717) is 21.3 Å². The van der Waals surface area contributed by atoms with Crippen molar-refractivity contribution < 1.29 is 9.53 Å². The fourth-order valence-electron chi connectivity index (χ4n) is 2.41. The average Bonchev–Trinajstić information content (AvgIpc) is 2.84. The fraction of sp³-hybridized carbons (Fsp3) is 0.333. The van der Waals surface area contributed by atoms with E-state index in [-0.39, 0.29) is 5.91 Å². The molecule has 0 fully saturated rings. The van der Waals surface area contributed by atoms with Gasteiger partial charge in [-0.1, -0.05) is 18.5 Å². The molecule has 1 aromatic heterocycles. The van der Waals surface area contributed by atoms with E-state index in [4.69, 9.17) is 16.3 Å². The maximum Gasteiger partial charge on any atom is 0.265 e. The van der Waals surface area contributed by atoms with Crippen LogP contribution < -0.4 is 10.1 Å². The van der Waals surface area contributed by atoms with Crippen LogP contribution in [0.3, 0.4) is 0 Å². The summed E-state index contributed by atoms with van der Waals surface area (Å²) in [6.45, 7) is 7.50. The Bertz CT molecular complexity index is 808. The van der Waals surface area contributed by atoms with Crippen LogP contribution in [0.2, 0.25) is 5.02 Å². The molecule has 0 aliphatic heterocycles. The first-order chi connectivity index (χ1) is 11.4. The van der Waals surface area contributed by atoms with Crippen molar-refractivity contribution in [2.45, 2.75) is 40.2 Å². The van der Waals surface area contributed by atoms with E-state index in [1.807, 2.05) is 20.8 Å². The van der Waals surface area contributed by atoms with E-state index < -0.39 is 6.10 Å². The van der Waals surface area contributed by atoms with Crippen molar-refractivity contribution >= 4 is 33.8 Å². The zero-order chi connectivity index (χ0) is 17.9. The average molecular weight is 363 g/mol. The fourth-order valence-corrected chi connectivity index (χ4v) is 3.74. The lowest BCUT2D eigenvalue weighted by Gasteiger charge is -2.16. The van der Waals surface area contributed by atoms with Gasteiger partial charge in [-0.2, -0.15) is 5.26 Å². The minimum Gasteiger partial charge on any atom is -0.481 e. The lowest BCUT2D eigenvalue weighted by atomic mass is 10.1. The Morgan fingerprint density at radius 2 is 2.17 bits per heavy atom. The maximum atomic E-state index is 12.4. The highest BCUT2D eigenvalue weighted by molar-refractivity contribution is 7.16. The number of carbonyl (C=O) groups is 1. The van der Waals surface area contributed by atoms with Gasteiger partial charge in [0.2, 0.25) is 0 Å². The van der Waals surface area contributed by atoms with Gasteiger partial charge in [-0.3, -0.25) is 4.79 Å². The zero-order valence-corrected chi connectivity index (χ0v) is 15.6. The first-order valence-corrected chi connectivity index (χ1v) is 8.82. The summed E-state index contributed by atoms with van der Waals surface area (Å²) in [5, 5.41) is 13.4. The molecule has 24 heavy (non-hydrogen) atoms. The number of nitriles is 1. The van der Waals surface area contributed by atoms with Gasteiger partial charge in [0.1, 0.15) is 16.8 Å². The van der Waals surface area contributed by atoms with Gasteiger partial charge in [0.05, 0.1) is 5.56 Å². The van der Waals surface area contributed by atoms with Crippen LogP contribution in [0.5, 0.6) is 5.75 Å². The maximum absolute atomic E-state index is 12.4. The highest BCUT2D eigenvalue weighted by Gasteiger charge is 2.21. The topological polar surface area (TPSA) is 62.1 Å². The van der Waals surface area contributed by atoms with Crippen LogP contribution >= 0.6 is 22.9 Å². The number of hydrogen-bond acceptors (Lipinski definition) is 4. The van der Waals surface area contributed by atoms with Crippen LogP contribution in [0, 0.1) is 25.2 Å². The van der Waals surface area contributed by atoms with E-state index in [9.17, 15) is 10.1 Å². The summed E-state index contributed by atoms with van der Waals surface area (Å²) >= 11 is 7.34. The van der Waals surface area contributed by atoms with Crippen LogP contribution in [0.15, 0.2) is 18.2 Å². The second kappa shape index (κ2) is 7.69. The number of rotatable bonds is 5. The highest BCUT2D eigenvalue weighted by atomic mass is 35.5. The lowest BCUT2D eigenvalue weighted by Crippen LogP contribution is -2.30. The molecule has 1 atom stereocenters. The molecule has 1 aromatic carbocycles. The molecule has 6 heteroatoms. The summed E-state index contributed by atoms with van der Waals surface area (Å²) in [6, 6.07) is 7.43. The van der Waals surface area contributed by atoms with Gasteiger partial charge < -0.3 is 10.1 Å². The van der Waals surface area contributed by atoms with Crippen LogP contribution in [0.1, 0.15) is 35.4 Å². The van der Waals surface area contributed by atoms with Crippen molar-refractivity contribution in [3.8, 4) is 11.8 Å². The van der Waals surface area contributed by atoms with Crippen molar-refractivity contribution in [2.75, 3.05) is 5.32 Å². The van der Waals surface area contributed by atoms with Crippen LogP contribution in [-0.2, 0) is 11.2 Å². The van der Waals surface area contributed by atoms with E-state index in [1.54, 1.807) is 25.1 Å². The molecule has 0 radical (unpaired) electrons. The molecule has 1 N–H and O–H groups in total. The number of nitrogens with zero attached hydrogens (tertiary/aromatic N) is 1. The highest BCUT2D eigenvalue weighted by Crippen LogP contribution is 2.33. The summed E-state index contributed by atoms with van der Waals surface area (Å²) in [6.07, 6.45) is 0.0702. The predicted octanol–water partition coefficient (Wildman–Crippen LogP) is 4.86. The minimum absolute atomic E-state index is 0.287. The number of anilines is 1. The Labute approximate surface area is 151 Å². The molecule has 126 valence electrons. The number of benzene rings is 1. The first-order valence-electron chi connectivity index (χ1n) is 7.63. The molecule has 0 saturated heterocycles. The van der Waals surface area contributed by atoms with Gasteiger partial charge >= 0.3 is 0 Å². The summed E-state index contributed by atoms with van der Waals surface area (Å²) in [5.41, 5.74) is 2.39. The molecule has 2 rings (SSSR count). The Morgan fingerprint density at radius 1 is 1.46 bits per heavy atom. The zero-order valence-electron chi connectivity index (χ0n) is 14.1. The SMILES string of the molecule is CCc1c(C)sc(NC(=O)C(C)Oc2ccc(Cl)cc2C)c1C#N. The van der Waals surface area contributed by atoms with Gasteiger partial charge in [0.25, 0.3) is 5.91 Å². The van der Waals surface area contributed by atoms with Gasteiger partial charge in [-0.05, 0) is 56.5 Å². The Kier molecular flexibility index (Phi) is 5.87. The Morgan fingerprint density at radius 3 is 2.75 bits per heavy atom. The summed E-state index contributed by atoms with van der Waals surface area (Å²) in [7, 11) is 0. The van der Waals surface area contributed by atoms with Gasteiger partial charge in [0, 0.05) is 9.90 Å². The van der Waals surface area contributed by atoms with E-state index in [1.165, 1.54) is 11.3 Å². The van der Waals surface area contributed by atoms with Crippen molar-refractivity contribution in [3.05, 3.63) is 44.8 Å². The van der Waals surface area contributed by atoms with Crippen molar-refractivity contribution in [1.82, 2.24) is 0 Å². The molecule has 0 saturated carbocycles. The summed E-state index contributed by atoms with van der Waals surface area (Å²) < 4.78 is 5.72. The number of halogens is 1. The van der Waals surface area contributed by atoms with E-state index in [2.05, 4.69) is 11.4 Å². The second-order valence-electron chi connectivity index (χ2n) is 5.47. The molecule has 2 aromatic rings. The van der Waals surface area contributed by atoms with Gasteiger partial charge in [-0.25, -0.2) is 0 Å². The molecule has 1 unspecified atom stereocenters. The summed E-state index contributed by atoms with van der Waals surface area (Å²) in [4.78, 5) is 13.5. The molecule has 1 heterocycles. The van der Waals surface area contributed by atoms with Crippen molar-refractivity contribution in [2.24, 2.45) is 0 Å². The number of carbonyl (C=O) groups excluding carboxylic acids is 1. The van der Waals surface area contributed by atoms with Crippen LogP contribution in [-0.4, -0.2) is 12.0 Å². The normalized spacial score (nSPS) is 11.7. The predicted molar refractivity (Wildman–Crippen MR) is 98.1 cm³/mol. The number of thiophene rings is 1. The number of hydrogen-bond donors (Lipinski definition) is 1. The smallest absolute Gasteiger partial charge is 0.265 e. The number of aryl methyl sites for hydroxylation is 2. The first kappa shape index (κ1) is 18.3. The second-order valence-corrected chi connectivity index (χ2v) is 7.13. The molecule has 0 aliphatic rings. The monoisotopic (exact) mass is 362 g/mol. The molecule has 4 nitrogen and oxygen atoms in total. The Balaban J connectivity index is 2.14. The molecule has 0 spiro atoms. The van der Waals surface area contributed by atoms with E-state index >= 15 is 0 Å². The molecular weight excluding hydrogens is 344 g/mol. The molecular formula is C18H19ClN2O2S. The minimum atomic E-state index is -0.691. The van der Waals surface area contributed by atoms with Crippen LogP contribution in [0.4, 0.5) is 5.00 Å². The number of ether oxygens (including phenoxy) is 1. The van der Waals surface area contributed by atoms with E-state index in [0.717, 1.165) is 22.4 Å². The molecule has 0 bridgehead atoms. The molecule has 0 aliphatic carbocycles. The quantitative estimate of drug-likeness (QED) is 0.826. The summed E-state index contributed by atoms with van der Waals surface area (Å²) in [5.74, 6) is 0.323. The standard InChI is InChI=1S/C18H19ClN2O2S/c1-5-14-12(4)24-18(15(14)9-20)21-17(22)11(3)23-16-7-6-13(19)8-10(16)2/h6-8,11H,5H2,1-4H3,(H,21,22). The third-order valence-electron chi connectivity index (χ3n) is 3.72. The number of amides is 1. The third-order valence-corrected chi connectivity index (χ3v) is 5.02. The number of nitrogens with one attached hydrogen (secondary N) is 1.